The van der Waals surface area contributed by atoms with Gasteiger partial charge in [0.2, 0.25) is 0 Å². The maximum absolute atomic E-state index is 4.61. The van der Waals surface area contributed by atoms with Crippen molar-refractivity contribution in [2.45, 2.75) is 96.3 Å². The Hall–Kier alpha value is -14.2. The second-order valence-electron chi connectivity index (χ2n) is 34.1. The van der Waals surface area contributed by atoms with Gasteiger partial charge in [-0.15, -0.1) is 88.0 Å². The van der Waals surface area contributed by atoms with Gasteiger partial charge < -0.3 is 28.7 Å². The molecule has 0 saturated carbocycles. The van der Waals surface area contributed by atoms with Gasteiger partial charge in [0.25, 0.3) is 0 Å². The van der Waals surface area contributed by atoms with Crippen molar-refractivity contribution >= 4 is 65.4 Å². The van der Waals surface area contributed by atoms with Gasteiger partial charge in [-0.25, -0.2) is 0 Å². The van der Waals surface area contributed by atoms with E-state index in [0.717, 1.165) is 72.3 Å². The molecule has 15 aromatic carbocycles. The Kier molecular flexibility index (Phi) is 20.6. The quantitative estimate of drug-likeness (QED) is 0.0961. The van der Waals surface area contributed by atoms with Crippen LogP contribution in [0.15, 0.2) is 383 Å². The summed E-state index contributed by atoms with van der Waals surface area (Å²) in [6, 6.07) is 143. The van der Waals surface area contributed by atoms with E-state index in [1.807, 2.05) is 55.0 Å². The second kappa shape index (κ2) is 32.7. The average molecular weight is 1810 g/mol. The first-order valence-corrected chi connectivity index (χ1v) is 44.8. The molecule has 21 aromatic rings. The molecule has 0 radical (unpaired) electrons. The number of nitrogens with zero attached hydrogens (tertiary/aromatic N) is 6. The fourth-order valence-electron chi connectivity index (χ4n) is 21.9. The van der Waals surface area contributed by atoms with Crippen LogP contribution in [0.4, 0.5) is 0 Å². The zero-order valence-corrected chi connectivity index (χ0v) is 74.5. The van der Waals surface area contributed by atoms with Gasteiger partial charge in [0.15, 0.2) is 0 Å². The summed E-state index contributed by atoms with van der Waals surface area (Å²) < 4.78 is 7.13. The zero-order valence-electron chi connectivity index (χ0n) is 72.1. The maximum atomic E-state index is 4.61. The van der Waals surface area contributed by atoms with Gasteiger partial charge in [0.05, 0.1) is 33.1 Å². The van der Waals surface area contributed by atoms with Crippen molar-refractivity contribution in [3.05, 3.63) is 434 Å². The molecule has 7 heteroatoms. The SMILES string of the molecule is CCC1(CC)c2cc(-c3ccccn3)[c-]cc2-c2ccc(-c3ccc4c(c3)c3ccccc3n4-c3ccccc3)cc21.CCC1(CC)c2cc(-c3ccccn3)[c-]cc2-c2ccc(-c3ccc4c(c3)c3ccccc3n4-c3ccccc3)cc21.CCC1(CC)c2cc(-c3ccccn3)[c-]cc2-c2ccc(-c3ccc4c(c3)c3ccccc3n4-c3ccccc3)cc21.[Ir+3]. The first kappa shape index (κ1) is 79.9. The summed E-state index contributed by atoms with van der Waals surface area (Å²) in [6.07, 6.45) is 11.8. The van der Waals surface area contributed by atoms with E-state index in [-0.39, 0.29) is 36.4 Å². The molecule has 0 N–H and O–H groups in total. The molecule has 0 saturated heterocycles. The molecule has 0 bridgehead atoms. The summed E-state index contributed by atoms with van der Waals surface area (Å²) in [7, 11) is 0. The molecule has 6 heterocycles. The van der Waals surface area contributed by atoms with Crippen molar-refractivity contribution in [1.29, 1.82) is 0 Å². The van der Waals surface area contributed by atoms with E-state index in [4.69, 9.17) is 0 Å². The van der Waals surface area contributed by atoms with Crippen LogP contribution in [0.2, 0.25) is 0 Å². The van der Waals surface area contributed by atoms with Crippen molar-refractivity contribution in [2.24, 2.45) is 0 Å². The van der Waals surface area contributed by atoms with E-state index >= 15 is 0 Å². The minimum Gasteiger partial charge on any atom is -0.309 e. The molecule has 0 spiro atoms. The Morgan fingerprint density at radius 2 is 0.457 bits per heavy atom. The van der Waals surface area contributed by atoms with E-state index in [1.54, 1.807) is 0 Å². The summed E-state index contributed by atoms with van der Waals surface area (Å²) in [5, 5.41) is 7.68. The first-order chi connectivity index (χ1) is 62.1. The molecule has 612 valence electrons. The predicted molar refractivity (Wildman–Crippen MR) is 525 cm³/mol. The van der Waals surface area contributed by atoms with Crippen LogP contribution < -0.4 is 0 Å². The summed E-state index contributed by atoms with van der Waals surface area (Å²) in [6.45, 7) is 14.0. The third kappa shape index (κ3) is 13.0. The Bertz CT molecular complexity index is 7030. The number of benzene rings is 15. The first-order valence-electron chi connectivity index (χ1n) is 44.8. The van der Waals surface area contributed by atoms with Crippen LogP contribution in [0, 0.1) is 18.2 Å². The third-order valence-electron chi connectivity index (χ3n) is 28.4. The molecule has 6 aromatic heterocycles. The molecule has 3 aliphatic carbocycles. The second-order valence-corrected chi connectivity index (χ2v) is 34.1. The fourth-order valence-corrected chi connectivity index (χ4v) is 21.9. The van der Waals surface area contributed by atoms with E-state index < -0.39 is 0 Å². The van der Waals surface area contributed by atoms with Gasteiger partial charge >= 0.3 is 20.1 Å². The molecule has 0 unspecified atom stereocenters. The number of fused-ring (bicyclic) bond motifs is 18. The molecular weight excluding hydrogens is 1720 g/mol. The van der Waals surface area contributed by atoms with Crippen molar-refractivity contribution < 1.29 is 20.1 Å². The number of para-hydroxylation sites is 6. The van der Waals surface area contributed by atoms with Crippen LogP contribution in [0.1, 0.15) is 113 Å². The van der Waals surface area contributed by atoms with Gasteiger partial charge in [-0.2, -0.15) is 0 Å². The van der Waals surface area contributed by atoms with Crippen LogP contribution in [0.3, 0.4) is 0 Å². The molecule has 6 nitrogen and oxygen atoms in total. The van der Waals surface area contributed by atoms with Gasteiger partial charge in [-0.05, 0) is 215 Å². The third-order valence-corrected chi connectivity index (χ3v) is 28.4. The van der Waals surface area contributed by atoms with E-state index in [0.29, 0.717) is 0 Å². The standard InChI is InChI=1S/3C40H31N2.Ir/c3*1-3-40(4-2)35-25-28(17-20-31(35)32-21-18-29(26-36(32)40)37-15-10-11-23-41-37)27-19-22-39-34(24-27)33-14-8-9-16-38(33)42(39)30-12-6-5-7-13-30;/h3*5-17,19-26H,3-4H2,1-2H3;/q3*-1;+3. The van der Waals surface area contributed by atoms with Gasteiger partial charge in [0.1, 0.15) is 0 Å². The van der Waals surface area contributed by atoms with E-state index in [2.05, 4.69) is 416 Å². The zero-order chi connectivity index (χ0) is 84.8. The molecule has 0 aliphatic heterocycles. The molecule has 127 heavy (non-hydrogen) atoms. The Balaban J connectivity index is 0.000000116. The molecular formula is C120H93IrN6. The summed E-state index contributed by atoms with van der Waals surface area (Å²) in [4.78, 5) is 13.8. The van der Waals surface area contributed by atoms with Crippen molar-refractivity contribution in [3.63, 3.8) is 0 Å². The van der Waals surface area contributed by atoms with Crippen molar-refractivity contribution in [2.75, 3.05) is 0 Å². The average Bonchev–Trinajstić information content (AvgIpc) is 1.60. The summed E-state index contributed by atoms with van der Waals surface area (Å²) in [5.41, 5.74) is 40.9. The maximum Gasteiger partial charge on any atom is 3.00 e. The van der Waals surface area contributed by atoms with Gasteiger partial charge in [-0.3, -0.25) is 0 Å². The molecule has 24 rings (SSSR count). The molecule has 3 aliphatic rings. The van der Waals surface area contributed by atoms with Crippen LogP contribution in [0.25, 0.3) is 183 Å². The van der Waals surface area contributed by atoms with Crippen molar-refractivity contribution in [1.82, 2.24) is 28.7 Å². The normalized spacial score (nSPS) is 13.3. The van der Waals surface area contributed by atoms with Gasteiger partial charge in [-0.1, -0.05) is 293 Å². The molecule has 0 fully saturated rings. The smallest absolute Gasteiger partial charge is 0.309 e. The van der Waals surface area contributed by atoms with Crippen molar-refractivity contribution in [3.8, 4) is 118 Å². The summed E-state index contributed by atoms with van der Waals surface area (Å²) >= 11 is 0. The summed E-state index contributed by atoms with van der Waals surface area (Å²) in [5.74, 6) is 0. The Morgan fingerprint density at radius 3 is 0.724 bits per heavy atom. The van der Waals surface area contributed by atoms with Crippen LogP contribution >= 0.6 is 0 Å². The van der Waals surface area contributed by atoms with Crippen LogP contribution in [0.5, 0.6) is 0 Å². The minimum atomic E-state index is -0.0350. The van der Waals surface area contributed by atoms with Gasteiger partial charge in [0, 0.05) is 84.2 Å². The van der Waals surface area contributed by atoms with Crippen LogP contribution in [-0.4, -0.2) is 28.7 Å². The Morgan fingerprint density at radius 1 is 0.220 bits per heavy atom. The number of hydrogen-bond donors (Lipinski definition) is 0. The van der Waals surface area contributed by atoms with Crippen LogP contribution in [-0.2, 0) is 36.4 Å². The Labute approximate surface area is 756 Å². The van der Waals surface area contributed by atoms with E-state index in [9.17, 15) is 0 Å². The fraction of sp³-hybridized carbons (Fsp3) is 0.125. The van der Waals surface area contributed by atoms with E-state index in [1.165, 1.54) is 183 Å². The number of hydrogen-bond acceptors (Lipinski definition) is 3. The number of pyridine rings is 3. The molecule has 0 amide bonds. The number of rotatable bonds is 15. The monoisotopic (exact) mass is 1810 g/mol. The number of aromatic nitrogens is 6. The topological polar surface area (TPSA) is 53.5 Å². The molecule has 0 atom stereocenters. The minimum absolute atomic E-state index is 0. The largest absolute Gasteiger partial charge is 3.00 e. The predicted octanol–water partition coefficient (Wildman–Crippen LogP) is 31.2.